The van der Waals surface area contributed by atoms with Gasteiger partial charge in [0.15, 0.2) is 0 Å². The van der Waals surface area contributed by atoms with E-state index in [1.807, 2.05) is 0 Å². The zero-order valence-corrected chi connectivity index (χ0v) is 11.6. The highest BCUT2D eigenvalue weighted by atomic mass is 19.1. The SMILES string of the molecule is CCC1C(=O)NC(C2CC2)C(=O)N1c1c(F)cccc1F. The van der Waals surface area contributed by atoms with E-state index in [4.69, 9.17) is 0 Å². The molecular formula is C15H16F2N2O2. The van der Waals surface area contributed by atoms with Gasteiger partial charge in [-0.05, 0) is 37.3 Å². The number of benzene rings is 1. The van der Waals surface area contributed by atoms with Gasteiger partial charge in [0.25, 0.3) is 5.91 Å². The highest BCUT2D eigenvalue weighted by molar-refractivity contribution is 6.08. The number of amides is 2. The average molecular weight is 294 g/mol. The normalized spacial score (nSPS) is 26.0. The molecule has 1 N–H and O–H groups in total. The Morgan fingerprint density at radius 2 is 1.86 bits per heavy atom. The van der Waals surface area contributed by atoms with Gasteiger partial charge in [-0.25, -0.2) is 8.78 Å². The summed E-state index contributed by atoms with van der Waals surface area (Å²) in [5.74, 6) is -2.35. The van der Waals surface area contributed by atoms with Crippen molar-refractivity contribution < 1.29 is 18.4 Å². The minimum atomic E-state index is -0.876. The van der Waals surface area contributed by atoms with Crippen molar-refractivity contribution in [2.24, 2.45) is 5.92 Å². The largest absolute Gasteiger partial charge is 0.342 e. The monoisotopic (exact) mass is 294 g/mol. The number of para-hydroxylation sites is 1. The lowest BCUT2D eigenvalue weighted by molar-refractivity contribution is -0.134. The van der Waals surface area contributed by atoms with Crippen LogP contribution in [0.3, 0.4) is 0 Å². The first-order chi connectivity index (χ1) is 10.0. The van der Waals surface area contributed by atoms with Crippen LogP contribution in [0.15, 0.2) is 18.2 Å². The lowest BCUT2D eigenvalue weighted by Gasteiger charge is -2.38. The first kappa shape index (κ1) is 14.0. The quantitative estimate of drug-likeness (QED) is 0.927. The Kier molecular flexibility index (Phi) is 3.39. The van der Waals surface area contributed by atoms with E-state index >= 15 is 0 Å². The van der Waals surface area contributed by atoms with Crippen LogP contribution in [0.1, 0.15) is 26.2 Å². The summed E-state index contributed by atoms with van der Waals surface area (Å²) >= 11 is 0. The molecule has 1 saturated carbocycles. The highest BCUT2D eigenvalue weighted by Gasteiger charge is 2.48. The highest BCUT2D eigenvalue weighted by Crippen LogP contribution is 2.37. The molecule has 4 nitrogen and oxygen atoms in total. The number of nitrogens with one attached hydrogen (secondary N) is 1. The molecule has 0 aromatic heterocycles. The minimum Gasteiger partial charge on any atom is -0.342 e. The van der Waals surface area contributed by atoms with Crippen LogP contribution in [0.4, 0.5) is 14.5 Å². The third kappa shape index (κ3) is 2.28. The van der Waals surface area contributed by atoms with Gasteiger partial charge < -0.3 is 5.32 Å². The van der Waals surface area contributed by atoms with E-state index in [9.17, 15) is 18.4 Å². The van der Waals surface area contributed by atoms with Crippen LogP contribution in [-0.4, -0.2) is 23.9 Å². The Labute approximate surface area is 121 Å². The number of hydrogen-bond donors (Lipinski definition) is 1. The molecule has 0 bridgehead atoms. The molecule has 1 aromatic carbocycles. The summed E-state index contributed by atoms with van der Waals surface area (Å²) in [5.41, 5.74) is -0.421. The fourth-order valence-corrected chi connectivity index (χ4v) is 2.83. The second-order valence-corrected chi connectivity index (χ2v) is 5.53. The van der Waals surface area contributed by atoms with Crippen molar-refractivity contribution in [2.45, 2.75) is 38.3 Å². The molecule has 1 aliphatic heterocycles. The number of piperazine rings is 1. The summed E-state index contributed by atoms with van der Waals surface area (Å²) in [5, 5.41) is 2.69. The maximum absolute atomic E-state index is 14.0. The predicted molar refractivity (Wildman–Crippen MR) is 72.6 cm³/mol. The van der Waals surface area contributed by atoms with Crippen LogP contribution in [0.2, 0.25) is 0 Å². The van der Waals surface area contributed by atoms with Crippen molar-refractivity contribution >= 4 is 17.5 Å². The van der Waals surface area contributed by atoms with Crippen LogP contribution >= 0.6 is 0 Å². The van der Waals surface area contributed by atoms with Crippen molar-refractivity contribution in [1.82, 2.24) is 5.32 Å². The van der Waals surface area contributed by atoms with E-state index in [2.05, 4.69) is 5.32 Å². The van der Waals surface area contributed by atoms with Crippen LogP contribution < -0.4 is 10.2 Å². The fourth-order valence-electron chi connectivity index (χ4n) is 2.83. The van der Waals surface area contributed by atoms with Crippen molar-refractivity contribution in [3.8, 4) is 0 Å². The summed E-state index contributed by atoms with van der Waals surface area (Å²) < 4.78 is 28.0. The van der Waals surface area contributed by atoms with Gasteiger partial charge in [-0.1, -0.05) is 13.0 Å². The van der Waals surface area contributed by atoms with Gasteiger partial charge in [-0.3, -0.25) is 14.5 Å². The molecule has 2 unspecified atom stereocenters. The van der Waals surface area contributed by atoms with Crippen LogP contribution in [-0.2, 0) is 9.59 Å². The van der Waals surface area contributed by atoms with Crippen LogP contribution in [0, 0.1) is 17.6 Å². The molecule has 0 radical (unpaired) electrons. The average Bonchev–Trinajstić information content (AvgIpc) is 3.26. The summed E-state index contributed by atoms with van der Waals surface area (Å²) in [7, 11) is 0. The lowest BCUT2D eigenvalue weighted by atomic mass is 10.0. The number of halogens is 2. The third-order valence-corrected chi connectivity index (χ3v) is 4.07. The minimum absolute atomic E-state index is 0.0802. The predicted octanol–water partition coefficient (Wildman–Crippen LogP) is 1.98. The van der Waals surface area contributed by atoms with E-state index in [-0.39, 0.29) is 11.8 Å². The Bertz CT molecular complexity index is 581. The molecular weight excluding hydrogens is 278 g/mol. The van der Waals surface area contributed by atoms with Crippen LogP contribution in [0.5, 0.6) is 0 Å². The van der Waals surface area contributed by atoms with Gasteiger partial charge in [-0.15, -0.1) is 0 Å². The second-order valence-electron chi connectivity index (χ2n) is 5.53. The first-order valence-corrected chi connectivity index (χ1v) is 7.12. The molecule has 2 aliphatic rings. The van der Waals surface area contributed by atoms with Gasteiger partial charge in [0, 0.05) is 0 Å². The fraction of sp³-hybridized carbons (Fsp3) is 0.467. The van der Waals surface area contributed by atoms with Gasteiger partial charge in [0.1, 0.15) is 29.4 Å². The number of hydrogen-bond acceptors (Lipinski definition) is 2. The maximum atomic E-state index is 14.0. The van der Waals surface area contributed by atoms with E-state index in [0.29, 0.717) is 6.42 Å². The maximum Gasteiger partial charge on any atom is 0.250 e. The van der Waals surface area contributed by atoms with E-state index < -0.39 is 35.3 Å². The van der Waals surface area contributed by atoms with Crippen molar-refractivity contribution in [3.05, 3.63) is 29.8 Å². The van der Waals surface area contributed by atoms with Gasteiger partial charge in [0.05, 0.1) is 0 Å². The van der Waals surface area contributed by atoms with E-state index in [0.717, 1.165) is 29.9 Å². The van der Waals surface area contributed by atoms with Crippen molar-refractivity contribution in [1.29, 1.82) is 0 Å². The lowest BCUT2D eigenvalue weighted by Crippen LogP contribution is -2.64. The molecule has 0 spiro atoms. The topological polar surface area (TPSA) is 49.4 Å². The molecule has 2 fully saturated rings. The smallest absolute Gasteiger partial charge is 0.250 e. The molecule has 2 amide bonds. The summed E-state index contributed by atoms with van der Waals surface area (Å²) in [6.07, 6.45) is 1.99. The zero-order valence-electron chi connectivity index (χ0n) is 11.6. The molecule has 21 heavy (non-hydrogen) atoms. The van der Waals surface area contributed by atoms with E-state index in [1.165, 1.54) is 6.07 Å². The first-order valence-electron chi connectivity index (χ1n) is 7.12. The summed E-state index contributed by atoms with van der Waals surface area (Å²) in [4.78, 5) is 25.8. The number of rotatable bonds is 3. The van der Waals surface area contributed by atoms with Crippen LogP contribution in [0.25, 0.3) is 0 Å². The second kappa shape index (κ2) is 5.09. The van der Waals surface area contributed by atoms with Gasteiger partial charge in [0.2, 0.25) is 5.91 Å². The standard InChI is InChI=1S/C15H16F2N2O2/c1-2-11-14(20)18-12(8-6-7-8)15(21)19(11)13-9(16)4-3-5-10(13)17/h3-5,8,11-12H,2,6-7H2,1H3,(H,18,20). The Balaban J connectivity index is 2.06. The number of nitrogens with zero attached hydrogens (tertiary/aromatic N) is 1. The molecule has 2 atom stereocenters. The molecule has 1 saturated heterocycles. The molecule has 1 aromatic rings. The Morgan fingerprint density at radius 1 is 1.24 bits per heavy atom. The summed E-state index contributed by atoms with van der Waals surface area (Å²) in [6, 6.07) is 1.88. The summed E-state index contributed by atoms with van der Waals surface area (Å²) in [6.45, 7) is 1.71. The van der Waals surface area contributed by atoms with E-state index in [1.54, 1.807) is 6.92 Å². The van der Waals surface area contributed by atoms with Gasteiger partial charge in [-0.2, -0.15) is 0 Å². The van der Waals surface area contributed by atoms with Crippen molar-refractivity contribution in [2.75, 3.05) is 4.90 Å². The molecule has 1 aliphatic carbocycles. The van der Waals surface area contributed by atoms with Gasteiger partial charge >= 0.3 is 0 Å². The number of carbonyl (C=O) groups is 2. The molecule has 6 heteroatoms. The molecule has 1 heterocycles. The zero-order chi connectivity index (χ0) is 15.1. The Morgan fingerprint density at radius 3 is 2.38 bits per heavy atom. The molecule has 3 rings (SSSR count). The molecule has 112 valence electrons. The van der Waals surface area contributed by atoms with Crippen molar-refractivity contribution in [3.63, 3.8) is 0 Å². The number of anilines is 1. The third-order valence-electron chi connectivity index (χ3n) is 4.07. The number of carbonyl (C=O) groups excluding carboxylic acids is 2. The Hall–Kier alpha value is -1.98.